The predicted molar refractivity (Wildman–Crippen MR) is 237 cm³/mol. The first-order chi connectivity index (χ1) is 25.7. The Morgan fingerprint density at radius 2 is 0.724 bits per heavy atom. The molecule has 0 aliphatic heterocycles. The average molecular weight is 836 g/mol. The molecule has 0 saturated heterocycles. The summed E-state index contributed by atoms with van der Waals surface area (Å²) >= 11 is 0. The number of hydrogen-bond acceptors (Lipinski definition) is 6. The Hall–Kier alpha value is -2.49. The minimum Gasteiger partial charge on any atom is -0.872 e. The van der Waals surface area contributed by atoms with Crippen LogP contribution in [0, 0.1) is 0 Å². The number of rotatable bonds is 18. The summed E-state index contributed by atoms with van der Waals surface area (Å²) in [5, 5.41) is 52.8. The van der Waals surface area contributed by atoms with Crippen LogP contribution < -0.4 is 15.3 Å². The van der Waals surface area contributed by atoms with Crippen LogP contribution in [0.2, 0.25) is 0 Å². The molecule has 2 aromatic rings. The quantitative estimate of drug-likeness (QED) is 0.111. The molecule has 0 heterocycles. The largest absolute Gasteiger partial charge is 3.00 e. The van der Waals surface area contributed by atoms with Crippen LogP contribution in [0.4, 0.5) is 0 Å². The van der Waals surface area contributed by atoms with Crippen molar-refractivity contribution in [1.82, 2.24) is 0 Å². The Morgan fingerprint density at radius 3 is 0.931 bits per heavy atom. The summed E-state index contributed by atoms with van der Waals surface area (Å²) in [7, 11) is 0. The Bertz CT molecular complexity index is 1410. The molecule has 0 amide bonds. The van der Waals surface area contributed by atoms with Crippen molar-refractivity contribution >= 4 is 52.6 Å². The number of aromatic carboxylic acids is 2. The van der Waals surface area contributed by atoms with Gasteiger partial charge in [-0.3, -0.25) is 0 Å². The fourth-order valence-electron chi connectivity index (χ4n) is 6.20. The van der Waals surface area contributed by atoms with Gasteiger partial charge in [0.1, 0.15) is 0 Å². The van der Waals surface area contributed by atoms with E-state index < -0.39 is 17.9 Å². The third-order valence-corrected chi connectivity index (χ3v) is 9.97. The second kappa shape index (κ2) is 28.1. The van der Waals surface area contributed by atoms with E-state index in [1.165, 1.54) is 95.6 Å². The van der Waals surface area contributed by atoms with Crippen molar-refractivity contribution in [3.8, 4) is 11.5 Å². The Kier molecular flexibility index (Phi) is 29.0. The van der Waals surface area contributed by atoms with Crippen LogP contribution in [0.25, 0.3) is 0 Å². The van der Waals surface area contributed by atoms with Crippen molar-refractivity contribution in [3.63, 3.8) is 0 Å². The molecule has 8 nitrogen and oxygen atoms in total. The van der Waals surface area contributed by atoms with Gasteiger partial charge in [-0.05, 0) is 68.9 Å². The zero-order valence-corrected chi connectivity index (χ0v) is 40.9. The van der Waals surface area contributed by atoms with Gasteiger partial charge >= 0.3 is 46.7 Å². The fourth-order valence-corrected chi connectivity index (χ4v) is 6.20. The van der Waals surface area contributed by atoms with E-state index >= 15 is 0 Å². The number of hydrogen-bond donors (Lipinski definition) is 2. The van der Waals surface area contributed by atoms with E-state index in [0.717, 1.165) is 24.0 Å². The Morgan fingerprint density at radius 1 is 0.466 bits per heavy atom. The molecule has 0 spiro atoms. The summed E-state index contributed by atoms with van der Waals surface area (Å²) in [6.07, 6.45) is 19.9. The zero-order valence-electron chi connectivity index (χ0n) is 38.6. The molecule has 2 N–H and O–H groups in total. The van der Waals surface area contributed by atoms with E-state index in [1.807, 2.05) is 95.2 Å². The molecule has 0 unspecified atom stereocenters. The van der Waals surface area contributed by atoms with Gasteiger partial charge in [0.25, 0.3) is 0 Å². The first-order valence-electron chi connectivity index (χ1n) is 21.0. The van der Waals surface area contributed by atoms with E-state index in [-0.39, 0.29) is 85.4 Å². The first-order valence-corrected chi connectivity index (χ1v) is 21.0. The smallest absolute Gasteiger partial charge is 0.872 e. The molecule has 0 atom stereocenters. The van der Waals surface area contributed by atoms with Crippen LogP contribution in [0.1, 0.15) is 236 Å². The Labute approximate surface area is 374 Å². The molecule has 0 aliphatic rings. The van der Waals surface area contributed by atoms with E-state index in [1.54, 1.807) is 0 Å². The van der Waals surface area contributed by atoms with Crippen LogP contribution >= 0.6 is 0 Å². The van der Waals surface area contributed by atoms with Gasteiger partial charge in [0, 0.05) is 5.97 Å². The summed E-state index contributed by atoms with van der Waals surface area (Å²) in [6.45, 7) is 25.8. The summed E-state index contributed by atoms with van der Waals surface area (Å²) < 4.78 is 0. The maximum absolute atomic E-state index is 12.2. The van der Waals surface area contributed by atoms with Gasteiger partial charge in [-0.15, -0.1) is 0 Å². The molecule has 0 aliphatic carbocycles. The monoisotopic (exact) mass is 836 g/mol. The van der Waals surface area contributed by atoms with Gasteiger partial charge in [0.15, 0.2) is 0 Å². The second-order valence-corrected chi connectivity index (χ2v) is 19.5. The molecule has 2 rings (SSSR count). The van der Waals surface area contributed by atoms with Crippen LogP contribution in [0.5, 0.6) is 11.5 Å². The van der Waals surface area contributed by atoms with Gasteiger partial charge < -0.3 is 30.3 Å². The molecule has 0 fully saturated rings. The molecule has 0 saturated carbocycles. The maximum Gasteiger partial charge on any atom is 3.00 e. The standard InChI is InChI=1S/C18H36O2.2C15H22O3.2Al/c1-2-3-4-5-6-7-8-9-10-11-12-13-14-15-16-17-18(19)20;2*1-14(2,3)9-7-10(13(17)18)12(16)11(8-9)15(4,5)6;;/h2-17H2,1H3,(H,19,20);2*7-8,16H,1-6H3,(H,17,18);;/q;;;2*+3/p-3. The molecule has 0 bridgehead atoms. The van der Waals surface area contributed by atoms with E-state index in [4.69, 9.17) is 10.2 Å². The molecule has 58 heavy (non-hydrogen) atoms. The van der Waals surface area contributed by atoms with Crippen molar-refractivity contribution in [2.75, 3.05) is 0 Å². The summed E-state index contributed by atoms with van der Waals surface area (Å²) in [4.78, 5) is 32.6. The minimum absolute atomic E-state index is 0. The number of carboxylic acids is 3. The van der Waals surface area contributed by atoms with Gasteiger partial charge in [-0.25, -0.2) is 9.59 Å². The van der Waals surface area contributed by atoms with E-state index in [2.05, 4.69) is 6.92 Å². The number of carbonyl (C=O) groups excluding carboxylic acids is 1. The second-order valence-electron chi connectivity index (χ2n) is 19.5. The van der Waals surface area contributed by atoms with Crippen molar-refractivity contribution in [3.05, 3.63) is 57.6 Å². The number of aliphatic carboxylic acids is 1. The number of unbranched alkanes of at least 4 members (excludes halogenated alkanes) is 14. The van der Waals surface area contributed by atoms with Crippen molar-refractivity contribution < 1.29 is 39.9 Å². The van der Waals surface area contributed by atoms with Gasteiger partial charge in [-0.1, -0.05) is 204 Å². The van der Waals surface area contributed by atoms with Crippen molar-refractivity contribution in [2.24, 2.45) is 0 Å². The van der Waals surface area contributed by atoms with Gasteiger partial charge in [0.05, 0.1) is 11.1 Å². The zero-order chi connectivity index (χ0) is 43.5. The van der Waals surface area contributed by atoms with E-state index in [0.29, 0.717) is 11.1 Å². The van der Waals surface area contributed by atoms with E-state index in [9.17, 15) is 29.7 Å². The summed E-state index contributed by atoms with van der Waals surface area (Å²) in [6, 6.07) is 6.68. The third-order valence-electron chi connectivity index (χ3n) is 9.97. The molecular formula is C48H77Al2O8+3. The van der Waals surface area contributed by atoms with Crippen molar-refractivity contribution in [2.45, 2.75) is 214 Å². The molecule has 0 aromatic heterocycles. The topological polar surface area (TPSA) is 161 Å². The van der Waals surface area contributed by atoms with Crippen molar-refractivity contribution in [1.29, 1.82) is 0 Å². The number of benzene rings is 2. The minimum atomic E-state index is -1.16. The van der Waals surface area contributed by atoms with Gasteiger partial charge in [-0.2, -0.15) is 0 Å². The van der Waals surface area contributed by atoms with Gasteiger partial charge in [0.2, 0.25) is 0 Å². The molecule has 10 heteroatoms. The van der Waals surface area contributed by atoms with Crippen LogP contribution in [-0.4, -0.2) is 62.8 Å². The Balaban J connectivity index is -0.000000770. The third kappa shape index (κ3) is 23.9. The summed E-state index contributed by atoms with van der Waals surface area (Å²) in [5.41, 5.74) is 1.54. The van der Waals surface area contributed by atoms with Crippen LogP contribution in [0.15, 0.2) is 24.3 Å². The number of carbonyl (C=O) groups is 3. The molecule has 0 radical (unpaired) electrons. The van der Waals surface area contributed by atoms with Crippen LogP contribution in [0.3, 0.4) is 0 Å². The van der Waals surface area contributed by atoms with Crippen LogP contribution in [-0.2, 0) is 26.5 Å². The normalized spacial score (nSPS) is 11.5. The molecule has 2 aromatic carbocycles. The first kappa shape index (κ1) is 59.8. The number of carboxylic acid groups (broad SMARTS) is 3. The SMILES string of the molecule is CC(C)(C)c1cc(C(=O)O)c([O-])c(C(C)(C)C)c1.CC(C)(C)c1cc(C(=O)O)c([O-])c(C(C)(C)C)c1.CCCCCCCCCCCCCCCCCC(=O)[O-].[Al+3].[Al+3]. The molecular weight excluding hydrogens is 758 g/mol. The summed E-state index contributed by atoms with van der Waals surface area (Å²) in [5.74, 6) is -3.96. The maximum atomic E-state index is 12.2. The fraction of sp³-hybridized carbons (Fsp3) is 0.688. The average Bonchev–Trinajstić information content (AvgIpc) is 3.04. The predicted octanol–water partition coefficient (Wildman–Crippen LogP) is 10.3. The molecule has 320 valence electrons.